The van der Waals surface area contributed by atoms with Crippen molar-refractivity contribution in [3.05, 3.63) is 45.0 Å². The molecule has 5 nitrogen and oxygen atoms in total. The van der Waals surface area contributed by atoms with Crippen molar-refractivity contribution in [1.82, 2.24) is 9.97 Å². The molecule has 128 valence electrons. The Morgan fingerprint density at radius 3 is 3.04 bits per heavy atom. The van der Waals surface area contributed by atoms with E-state index >= 15 is 0 Å². The number of anilines is 2. The molecule has 2 N–H and O–H groups in total. The topological polar surface area (TPSA) is 75.1 Å². The first kappa shape index (κ1) is 16.5. The van der Waals surface area contributed by atoms with Gasteiger partial charge in [0.25, 0.3) is 0 Å². The molecule has 1 aliphatic rings. The maximum absolute atomic E-state index is 11.6. The van der Waals surface area contributed by atoms with Gasteiger partial charge in [0.05, 0.1) is 16.6 Å². The fraction of sp³-hybridized carbons (Fsp3) is 0.278. The molecular formula is C18H16BrN3O2S. The number of benzene rings is 1. The van der Waals surface area contributed by atoms with E-state index in [-0.39, 0.29) is 5.56 Å². The third kappa shape index (κ3) is 3.02. The third-order valence-electron chi connectivity index (χ3n) is 4.56. The first-order valence-corrected chi connectivity index (χ1v) is 9.69. The van der Waals surface area contributed by atoms with E-state index in [1.54, 1.807) is 23.5 Å². The molecular weight excluding hydrogens is 402 g/mol. The summed E-state index contributed by atoms with van der Waals surface area (Å²) in [6, 6.07) is 5.16. The fourth-order valence-corrected chi connectivity index (χ4v) is 5.01. The number of halogens is 1. The van der Waals surface area contributed by atoms with E-state index in [2.05, 4.69) is 38.1 Å². The molecule has 0 bridgehead atoms. The number of hydrogen-bond acceptors (Lipinski definition) is 5. The molecule has 1 aromatic carbocycles. The number of carboxylic acid groups (broad SMARTS) is 1. The highest BCUT2D eigenvalue weighted by molar-refractivity contribution is 9.10. The Hall–Kier alpha value is -1.99. The minimum Gasteiger partial charge on any atom is -0.478 e. The summed E-state index contributed by atoms with van der Waals surface area (Å²) in [6.07, 6.45) is 4.79. The Balaban J connectivity index is 1.82. The van der Waals surface area contributed by atoms with Gasteiger partial charge in [-0.3, -0.25) is 0 Å². The largest absolute Gasteiger partial charge is 0.478 e. The molecule has 3 aromatic rings. The number of carboxylic acids is 1. The molecule has 0 fully saturated rings. The van der Waals surface area contributed by atoms with Crippen molar-refractivity contribution in [2.75, 3.05) is 5.32 Å². The molecule has 0 aliphatic heterocycles. The van der Waals surface area contributed by atoms with Gasteiger partial charge in [-0.25, -0.2) is 14.8 Å². The zero-order chi connectivity index (χ0) is 17.6. The number of rotatable bonds is 3. The van der Waals surface area contributed by atoms with Crippen molar-refractivity contribution < 1.29 is 9.90 Å². The highest BCUT2D eigenvalue weighted by Gasteiger charge is 2.23. The summed E-state index contributed by atoms with van der Waals surface area (Å²) in [7, 11) is 0. The number of aromatic carboxylic acids is 1. The molecule has 1 atom stereocenters. The standard InChI is InChI=1S/C18H16BrN3O2S/c1-9-2-4-11-14(6-9)25-17-15(11)16(20-8-21-17)22-13-5-3-10(19)7-12(13)18(23)24/h3,5,7-9H,2,4,6H2,1H3,(H,23,24)(H,20,21,22). The van der Waals surface area contributed by atoms with Gasteiger partial charge in [0, 0.05) is 9.35 Å². The molecule has 0 saturated carbocycles. The number of aromatic nitrogens is 2. The summed E-state index contributed by atoms with van der Waals surface area (Å²) in [5.74, 6) is 0.396. The molecule has 0 saturated heterocycles. The van der Waals surface area contributed by atoms with Crippen LogP contribution in [-0.4, -0.2) is 21.0 Å². The monoisotopic (exact) mass is 417 g/mol. The van der Waals surface area contributed by atoms with E-state index < -0.39 is 5.97 Å². The number of nitrogens with one attached hydrogen (secondary N) is 1. The highest BCUT2D eigenvalue weighted by Crippen LogP contribution is 2.40. The smallest absolute Gasteiger partial charge is 0.337 e. The average molecular weight is 418 g/mol. The zero-order valence-electron chi connectivity index (χ0n) is 13.5. The van der Waals surface area contributed by atoms with Gasteiger partial charge in [-0.1, -0.05) is 22.9 Å². The van der Waals surface area contributed by atoms with Crippen LogP contribution in [0.4, 0.5) is 11.5 Å². The molecule has 7 heteroatoms. The minimum atomic E-state index is -0.977. The summed E-state index contributed by atoms with van der Waals surface area (Å²) in [5, 5.41) is 13.7. The molecule has 1 unspecified atom stereocenters. The van der Waals surface area contributed by atoms with Crippen LogP contribution in [0.3, 0.4) is 0 Å². The second kappa shape index (κ2) is 6.38. The van der Waals surface area contributed by atoms with Crippen LogP contribution in [0.2, 0.25) is 0 Å². The quantitative estimate of drug-likeness (QED) is 0.625. The predicted molar refractivity (Wildman–Crippen MR) is 103 cm³/mol. The summed E-state index contributed by atoms with van der Waals surface area (Å²) in [4.78, 5) is 22.7. The van der Waals surface area contributed by atoms with Crippen LogP contribution in [0.25, 0.3) is 10.2 Å². The van der Waals surface area contributed by atoms with Crippen LogP contribution >= 0.6 is 27.3 Å². The van der Waals surface area contributed by atoms with E-state index in [0.717, 1.165) is 34.0 Å². The molecule has 25 heavy (non-hydrogen) atoms. The predicted octanol–water partition coefficient (Wildman–Crippen LogP) is 5.02. The Kier molecular flexibility index (Phi) is 4.21. The molecule has 0 spiro atoms. The zero-order valence-corrected chi connectivity index (χ0v) is 15.9. The summed E-state index contributed by atoms with van der Waals surface area (Å²) < 4.78 is 0.727. The van der Waals surface area contributed by atoms with E-state index in [4.69, 9.17) is 0 Å². The first-order chi connectivity index (χ1) is 12.0. The molecule has 0 radical (unpaired) electrons. The summed E-state index contributed by atoms with van der Waals surface area (Å²) in [5.41, 5.74) is 2.05. The average Bonchev–Trinajstić information content (AvgIpc) is 2.94. The Bertz CT molecular complexity index is 986. The Labute approximate surface area is 157 Å². The van der Waals surface area contributed by atoms with Crippen molar-refractivity contribution >= 4 is 55.0 Å². The van der Waals surface area contributed by atoms with Crippen molar-refractivity contribution in [1.29, 1.82) is 0 Å². The first-order valence-electron chi connectivity index (χ1n) is 8.08. The van der Waals surface area contributed by atoms with Crippen molar-refractivity contribution in [2.45, 2.75) is 26.2 Å². The minimum absolute atomic E-state index is 0.207. The van der Waals surface area contributed by atoms with Gasteiger partial charge in [0.1, 0.15) is 17.0 Å². The van der Waals surface area contributed by atoms with Gasteiger partial charge < -0.3 is 10.4 Å². The van der Waals surface area contributed by atoms with Gasteiger partial charge in [-0.2, -0.15) is 0 Å². The van der Waals surface area contributed by atoms with Crippen molar-refractivity contribution in [3.63, 3.8) is 0 Å². The van der Waals surface area contributed by atoms with Crippen LogP contribution in [0.5, 0.6) is 0 Å². The lowest BCUT2D eigenvalue weighted by Crippen LogP contribution is -2.09. The molecule has 1 aliphatic carbocycles. The molecule has 2 aromatic heterocycles. The number of fused-ring (bicyclic) bond motifs is 3. The van der Waals surface area contributed by atoms with Gasteiger partial charge in [-0.15, -0.1) is 11.3 Å². The van der Waals surface area contributed by atoms with E-state index in [1.807, 2.05) is 6.07 Å². The number of aryl methyl sites for hydroxylation is 1. The molecule has 0 amide bonds. The number of nitrogens with zero attached hydrogens (tertiary/aromatic N) is 2. The van der Waals surface area contributed by atoms with Crippen LogP contribution in [0.15, 0.2) is 29.0 Å². The highest BCUT2D eigenvalue weighted by atomic mass is 79.9. The Morgan fingerprint density at radius 2 is 2.24 bits per heavy atom. The number of hydrogen-bond donors (Lipinski definition) is 2. The van der Waals surface area contributed by atoms with E-state index in [0.29, 0.717) is 17.4 Å². The van der Waals surface area contributed by atoms with Crippen LogP contribution in [-0.2, 0) is 12.8 Å². The van der Waals surface area contributed by atoms with Gasteiger partial charge in [-0.05, 0) is 48.9 Å². The number of carbonyl (C=O) groups is 1. The second-order valence-corrected chi connectivity index (χ2v) is 8.37. The summed E-state index contributed by atoms with van der Waals surface area (Å²) in [6.45, 7) is 2.28. The van der Waals surface area contributed by atoms with Gasteiger partial charge in [0.15, 0.2) is 0 Å². The Morgan fingerprint density at radius 1 is 1.40 bits per heavy atom. The second-order valence-electron chi connectivity index (χ2n) is 6.37. The fourth-order valence-electron chi connectivity index (χ4n) is 3.30. The molecule has 2 heterocycles. The lowest BCUT2D eigenvalue weighted by Gasteiger charge is -2.18. The normalized spacial score (nSPS) is 16.6. The van der Waals surface area contributed by atoms with E-state index in [9.17, 15) is 9.90 Å². The number of thiophene rings is 1. The lowest BCUT2D eigenvalue weighted by molar-refractivity contribution is 0.0698. The van der Waals surface area contributed by atoms with Gasteiger partial charge >= 0.3 is 5.97 Å². The SMILES string of the molecule is CC1CCc2c(sc3ncnc(Nc4ccc(Br)cc4C(=O)O)c23)C1. The maximum atomic E-state index is 11.6. The van der Waals surface area contributed by atoms with Crippen molar-refractivity contribution in [3.8, 4) is 0 Å². The van der Waals surface area contributed by atoms with Gasteiger partial charge in [0.2, 0.25) is 0 Å². The van der Waals surface area contributed by atoms with Crippen LogP contribution < -0.4 is 5.32 Å². The molecule has 4 rings (SSSR count). The van der Waals surface area contributed by atoms with E-state index in [1.165, 1.54) is 16.8 Å². The summed E-state index contributed by atoms with van der Waals surface area (Å²) >= 11 is 5.05. The van der Waals surface area contributed by atoms with Crippen molar-refractivity contribution in [2.24, 2.45) is 5.92 Å². The third-order valence-corrected chi connectivity index (χ3v) is 6.21. The lowest BCUT2D eigenvalue weighted by atomic mass is 9.89. The van der Waals surface area contributed by atoms with Crippen LogP contribution in [0, 0.1) is 5.92 Å². The maximum Gasteiger partial charge on any atom is 0.337 e. The van der Waals surface area contributed by atoms with Crippen LogP contribution in [0.1, 0.15) is 34.1 Å².